The highest BCUT2D eigenvalue weighted by atomic mass is 16.6. The molecule has 0 N–H and O–H groups in total. The van der Waals surface area contributed by atoms with Crippen LogP contribution in [0.3, 0.4) is 0 Å². The number of benzene rings is 1. The molecule has 2 fully saturated rings. The van der Waals surface area contributed by atoms with Crippen LogP contribution in [0, 0.1) is 11.3 Å². The van der Waals surface area contributed by atoms with Crippen LogP contribution in [0.1, 0.15) is 45.6 Å². The third-order valence-corrected chi connectivity index (χ3v) is 5.11. The van der Waals surface area contributed by atoms with Crippen LogP contribution in [0.2, 0.25) is 0 Å². The number of amides is 1. The molecule has 1 saturated heterocycles. The fraction of sp³-hybridized carbons (Fsp3) is 0.600. The van der Waals surface area contributed by atoms with Crippen molar-refractivity contribution in [3.63, 3.8) is 0 Å². The number of carbonyl (C=O) groups excluding carboxylic acids is 2. The molecule has 1 amide bonds. The summed E-state index contributed by atoms with van der Waals surface area (Å²) >= 11 is 0. The Morgan fingerprint density at radius 2 is 1.80 bits per heavy atom. The molecule has 1 aromatic rings. The molecule has 2 aliphatic rings. The molecule has 1 heterocycles. The molecule has 1 unspecified atom stereocenters. The lowest BCUT2D eigenvalue weighted by Crippen LogP contribution is -2.42. The maximum atomic E-state index is 12.3. The Hall–Kier alpha value is -2.04. The maximum absolute atomic E-state index is 12.3. The number of piperidine rings is 1. The van der Waals surface area contributed by atoms with Crippen molar-refractivity contribution in [2.75, 3.05) is 13.1 Å². The number of hydrogen-bond acceptors (Lipinski definition) is 4. The Kier molecular flexibility index (Phi) is 4.76. The van der Waals surface area contributed by atoms with Gasteiger partial charge in [-0.15, -0.1) is 0 Å². The van der Waals surface area contributed by atoms with Crippen LogP contribution in [0.5, 0.6) is 0 Å². The van der Waals surface area contributed by atoms with Gasteiger partial charge in [-0.3, -0.25) is 4.79 Å². The normalized spacial score (nSPS) is 21.7. The average molecular weight is 345 g/mol. The molecular weight excluding hydrogens is 318 g/mol. The monoisotopic (exact) mass is 345 g/mol. The van der Waals surface area contributed by atoms with Crippen LogP contribution < -0.4 is 0 Å². The predicted octanol–water partition coefficient (Wildman–Crippen LogP) is 3.77. The second-order valence-electron chi connectivity index (χ2n) is 8.18. The van der Waals surface area contributed by atoms with Crippen LogP contribution >= 0.6 is 0 Å². The van der Waals surface area contributed by atoms with Gasteiger partial charge in [-0.25, -0.2) is 4.79 Å². The van der Waals surface area contributed by atoms with Crippen LogP contribution in [0.4, 0.5) is 4.79 Å². The highest BCUT2D eigenvalue weighted by molar-refractivity contribution is 5.77. The Bertz CT molecular complexity index is 627. The third-order valence-electron chi connectivity index (χ3n) is 5.11. The topological polar surface area (TPSA) is 55.8 Å². The van der Waals surface area contributed by atoms with E-state index in [1.54, 1.807) is 4.90 Å². The molecule has 0 radical (unpaired) electrons. The molecule has 1 saturated carbocycles. The summed E-state index contributed by atoms with van der Waals surface area (Å²) in [5.41, 5.74) is 0.562. The van der Waals surface area contributed by atoms with E-state index < -0.39 is 5.60 Å². The number of ether oxygens (including phenoxy) is 2. The Morgan fingerprint density at radius 1 is 1.16 bits per heavy atom. The molecule has 25 heavy (non-hydrogen) atoms. The van der Waals surface area contributed by atoms with E-state index in [-0.39, 0.29) is 23.4 Å². The fourth-order valence-corrected chi connectivity index (χ4v) is 3.52. The summed E-state index contributed by atoms with van der Waals surface area (Å²) in [6.07, 6.45) is 2.31. The summed E-state index contributed by atoms with van der Waals surface area (Å²) < 4.78 is 10.9. The quantitative estimate of drug-likeness (QED) is 0.783. The molecule has 5 heteroatoms. The van der Waals surface area contributed by atoms with E-state index in [0.717, 1.165) is 24.8 Å². The predicted molar refractivity (Wildman–Crippen MR) is 93.8 cm³/mol. The van der Waals surface area contributed by atoms with Crippen LogP contribution in [-0.4, -0.2) is 35.7 Å². The molecule has 136 valence electrons. The van der Waals surface area contributed by atoms with Crippen molar-refractivity contribution in [3.05, 3.63) is 35.9 Å². The summed E-state index contributed by atoms with van der Waals surface area (Å²) in [6.45, 7) is 7.24. The molecule has 1 spiro atoms. The van der Waals surface area contributed by atoms with Gasteiger partial charge < -0.3 is 14.4 Å². The van der Waals surface area contributed by atoms with Gasteiger partial charge in [0.15, 0.2) is 0 Å². The minimum absolute atomic E-state index is 0.0167. The smallest absolute Gasteiger partial charge is 0.410 e. The lowest BCUT2D eigenvalue weighted by Gasteiger charge is -2.34. The summed E-state index contributed by atoms with van der Waals surface area (Å²) in [5, 5.41) is 0. The van der Waals surface area contributed by atoms with Crippen LogP contribution in [0.25, 0.3) is 0 Å². The minimum atomic E-state index is -0.477. The number of likely N-dealkylation sites (tertiary alicyclic amines) is 1. The first-order valence-electron chi connectivity index (χ1n) is 8.98. The van der Waals surface area contributed by atoms with Crippen LogP contribution in [0.15, 0.2) is 30.3 Å². The van der Waals surface area contributed by atoms with Crippen molar-refractivity contribution < 1.29 is 19.1 Å². The van der Waals surface area contributed by atoms with Gasteiger partial charge in [0.1, 0.15) is 12.2 Å². The highest BCUT2D eigenvalue weighted by Gasteiger charge is 2.59. The maximum Gasteiger partial charge on any atom is 0.410 e. The molecule has 0 aromatic heterocycles. The first kappa shape index (κ1) is 17.8. The van der Waals surface area contributed by atoms with Crippen LogP contribution in [-0.2, 0) is 20.9 Å². The second-order valence-corrected chi connectivity index (χ2v) is 8.18. The fourth-order valence-electron chi connectivity index (χ4n) is 3.52. The van der Waals surface area contributed by atoms with E-state index in [1.807, 2.05) is 51.1 Å². The van der Waals surface area contributed by atoms with E-state index in [0.29, 0.717) is 19.7 Å². The van der Waals surface area contributed by atoms with E-state index in [9.17, 15) is 9.59 Å². The molecule has 1 atom stereocenters. The molecule has 5 nitrogen and oxygen atoms in total. The zero-order valence-corrected chi connectivity index (χ0v) is 15.3. The van der Waals surface area contributed by atoms with E-state index in [4.69, 9.17) is 9.47 Å². The Labute approximate surface area is 149 Å². The van der Waals surface area contributed by atoms with Crippen molar-refractivity contribution in [1.82, 2.24) is 4.90 Å². The van der Waals surface area contributed by atoms with Gasteiger partial charge in [0.05, 0.1) is 5.92 Å². The number of hydrogen-bond donors (Lipinski definition) is 0. The summed E-state index contributed by atoms with van der Waals surface area (Å²) in [7, 11) is 0. The van der Waals surface area contributed by atoms with Crippen molar-refractivity contribution in [2.45, 2.75) is 52.2 Å². The Balaban J connectivity index is 1.45. The minimum Gasteiger partial charge on any atom is -0.461 e. The van der Waals surface area contributed by atoms with Gasteiger partial charge in [-0.05, 0) is 51.0 Å². The molecule has 1 aliphatic carbocycles. The van der Waals surface area contributed by atoms with Gasteiger partial charge in [-0.1, -0.05) is 30.3 Å². The van der Waals surface area contributed by atoms with Gasteiger partial charge in [0.2, 0.25) is 0 Å². The molecule has 3 rings (SSSR count). The first-order chi connectivity index (χ1) is 11.8. The van der Waals surface area contributed by atoms with Crippen molar-refractivity contribution >= 4 is 12.1 Å². The summed E-state index contributed by atoms with van der Waals surface area (Å²) in [6, 6.07) is 9.73. The average Bonchev–Trinajstić information content (AvgIpc) is 3.26. The highest BCUT2D eigenvalue weighted by Crippen LogP contribution is 2.59. The summed E-state index contributed by atoms with van der Waals surface area (Å²) in [5.74, 6) is -0.119. The second kappa shape index (κ2) is 6.70. The zero-order chi connectivity index (χ0) is 18.1. The van der Waals surface area contributed by atoms with Gasteiger partial charge in [0, 0.05) is 13.1 Å². The number of esters is 1. The number of nitrogens with zero attached hydrogens (tertiary/aromatic N) is 1. The van der Waals surface area contributed by atoms with Crippen molar-refractivity contribution in [3.8, 4) is 0 Å². The SMILES string of the molecule is CC(C)(C)OC(=O)N1CCC2(CC1)CC2C(=O)OCc1ccccc1. The van der Waals surface area contributed by atoms with Gasteiger partial charge >= 0.3 is 12.1 Å². The van der Waals surface area contributed by atoms with E-state index in [2.05, 4.69) is 0 Å². The molecule has 1 aliphatic heterocycles. The van der Waals surface area contributed by atoms with Crippen molar-refractivity contribution in [2.24, 2.45) is 11.3 Å². The Morgan fingerprint density at radius 3 is 2.40 bits per heavy atom. The largest absolute Gasteiger partial charge is 0.461 e. The zero-order valence-electron chi connectivity index (χ0n) is 15.3. The molecule has 1 aromatic carbocycles. The lowest BCUT2D eigenvalue weighted by atomic mass is 9.91. The molecular formula is C20H27NO4. The number of carbonyl (C=O) groups is 2. The summed E-state index contributed by atoms with van der Waals surface area (Å²) in [4.78, 5) is 26.2. The molecule has 0 bridgehead atoms. The first-order valence-corrected chi connectivity index (χ1v) is 8.98. The number of rotatable bonds is 3. The third kappa shape index (κ3) is 4.33. The lowest BCUT2D eigenvalue weighted by molar-refractivity contribution is -0.147. The van der Waals surface area contributed by atoms with Crippen molar-refractivity contribution in [1.29, 1.82) is 0 Å². The standard InChI is InChI=1S/C20H27NO4/c1-19(2,3)25-18(23)21-11-9-20(10-12-21)13-16(20)17(22)24-14-15-7-5-4-6-8-15/h4-8,16H,9-14H2,1-3H3. The van der Waals surface area contributed by atoms with Gasteiger partial charge in [0.25, 0.3) is 0 Å². The van der Waals surface area contributed by atoms with E-state index >= 15 is 0 Å². The van der Waals surface area contributed by atoms with E-state index in [1.165, 1.54) is 0 Å². The van der Waals surface area contributed by atoms with Gasteiger partial charge in [-0.2, -0.15) is 0 Å².